The molecule has 3 N–H and O–H groups in total. The second-order valence-electron chi connectivity index (χ2n) is 14.9. The number of hydrogen-bond donors (Lipinski definition) is 3. The van der Waals surface area contributed by atoms with E-state index in [9.17, 15) is 24.9 Å². The maximum atomic E-state index is 12.6. The summed E-state index contributed by atoms with van der Waals surface area (Å²) < 4.78 is 0. The van der Waals surface area contributed by atoms with Gasteiger partial charge in [0.2, 0.25) is 0 Å². The number of carboxylic acid groups (broad SMARTS) is 2. The molecule has 216 valence electrons. The quantitative estimate of drug-likeness (QED) is 0.231. The number of rotatable bonds is 9. The van der Waals surface area contributed by atoms with Crippen molar-refractivity contribution >= 4 is 11.9 Å². The van der Waals surface area contributed by atoms with Crippen LogP contribution in [0.4, 0.5) is 0 Å². The van der Waals surface area contributed by atoms with Crippen molar-refractivity contribution in [2.45, 2.75) is 136 Å². The van der Waals surface area contributed by atoms with E-state index in [1.807, 2.05) is 41.5 Å². The van der Waals surface area contributed by atoms with Crippen LogP contribution in [0.5, 0.6) is 5.75 Å². The first-order chi connectivity index (χ1) is 17.1. The largest absolute Gasteiger partial charge is 0.507 e. The topological polar surface area (TPSA) is 98.1 Å². The van der Waals surface area contributed by atoms with Gasteiger partial charge in [-0.05, 0) is 100 Å². The summed E-state index contributed by atoms with van der Waals surface area (Å²) in [6.45, 7) is 21.1. The summed E-state index contributed by atoms with van der Waals surface area (Å²) >= 11 is 0. The van der Waals surface area contributed by atoms with E-state index in [1.165, 1.54) is 0 Å². The van der Waals surface area contributed by atoms with Gasteiger partial charge in [0.05, 0.1) is 0 Å². The van der Waals surface area contributed by atoms with Crippen LogP contribution in [-0.4, -0.2) is 50.3 Å². The molecular formula is C32H53NO5. The summed E-state index contributed by atoms with van der Waals surface area (Å²) in [5.74, 6) is -1.92. The summed E-state index contributed by atoms with van der Waals surface area (Å²) in [4.78, 5) is 27.6. The predicted molar refractivity (Wildman–Crippen MR) is 154 cm³/mol. The van der Waals surface area contributed by atoms with Crippen LogP contribution in [0.2, 0.25) is 0 Å². The van der Waals surface area contributed by atoms with Crippen LogP contribution in [0.15, 0.2) is 12.1 Å². The SMILES string of the molecule is CN1C(C)(C)CCC(CCCCC(Cc2cc(C(C)(C)C)c(O)c(C(C)(C)C)c2)(C(=O)O)C(=O)O)C1(C)C. The van der Waals surface area contributed by atoms with Gasteiger partial charge in [-0.3, -0.25) is 14.5 Å². The van der Waals surface area contributed by atoms with Crippen molar-refractivity contribution in [2.75, 3.05) is 7.05 Å². The molecule has 0 aliphatic carbocycles. The summed E-state index contributed by atoms with van der Waals surface area (Å²) in [6, 6.07) is 3.60. The van der Waals surface area contributed by atoms with Crippen molar-refractivity contribution < 1.29 is 24.9 Å². The Morgan fingerprint density at radius 2 is 1.39 bits per heavy atom. The van der Waals surface area contributed by atoms with E-state index in [-0.39, 0.29) is 40.5 Å². The van der Waals surface area contributed by atoms with Gasteiger partial charge in [0, 0.05) is 11.1 Å². The van der Waals surface area contributed by atoms with Gasteiger partial charge in [0.15, 0.2) is 5.41 Å². The maximum absolute atomic E-state index is 12.6. The molecule has 1 heterocycles. The van der Waals surface area contributed by atoms with Crippen molar-refractivity contribution in [1.82, 2.24) is 4.90 Å². The average molecular weight is 532 g/mol. The van der Waals surface area contributed by atoms with Crippen LogP contribution >= 0.6 is 0 Å². The minimum absolute atomic E-state index is 0.0250. The molecule has 1 fully saturated rings. The first kappa shape index (κ1) is 32.1. The van der Waals surface area contributed by atoms with Crippen LogP contribution < -0.4 is 0 Å². The lowest BCUT2D eigenvalue weighted by molar-refractivity contribution is -0.165. The molecule has 0 aromatic heterocycles. The van der Waals surface area contributed by atoms with E-state index < -0.39 is 17.4 Å². The van der Waals surface area contributed by atoms with Crippen LogP contribution in [0.25, 0.3) is 0 Å². The predicted octanol–water partition coefficient (Wildman–Crippen LogP) is 7.14. The molecule has 1 aliphatic heterocycles. The van der Waals surface area contributed by atoms with Gasteiger partial charge in [0.1, 0.15) is 5.75 Å². The highest BCUT2D eigenvalue weighted by molar-refractivity contribution is 5.98. The number of phenols is 1. The summed E-state index contributed by atoms with van der Waals surface area (Å²) in [6.07, 6.45) is 4.46. The first-order valence-corrected chi connectivity index (χ1v) is 14.1. The van der Waals surface area contributed by atoms with Crippen molar-refractivity contribution in [3.8, 4) is 5.75 Å². The zero-order valence-corrected chi connectivity index (χ0v) is 25.8. The molecule has 1 saturated heterocycles. The van der Waals surface area contributed by atoms with Crippen molar-refractivity contribution in [3.05, 3.63) is 28.8 Å². The minimum atomic E-state index is -1.91. The third-order valence-corrected chi connectivity index (χ3v) is 9.39. The standard InChI is InChI=1S/C32H53NO5/c1-28(2,3)23-18-21(19-24(25(23)34)29(4,5)6)20-32(26(35)36,27(37)38)16-13-12-14-22-15-17-30(7,8)33(11)31(22,9)10/h18-19,22,34H,12-17,20H2,1-11H3,(H,35,36)(H,37,38). The first-order valence-electron chi connectivity index (χ1n) is 14.1. The fourth-order valence-corrected chi connectivity index (χ4v) is 6.25. The van der Waals surface area contributed by atoms with Crippen LogP contribution in [0.3, 0.4) is 0 Å². The molecule has 0 amide bonds. The monoisotopic (exact) mass is 531 g/mol. The Morgan fingerprint density at radius 3 is 1.82 bits per heavy atom. The highest BCUT2D eigenvalue weighted by atomic mass is 16.4. The van der Waals surface area contributed by atoms with Crippen molar-refractivity contribution in [3.63, 3.8) is 0 Å². The van der Waals surface area contributed by atoms with E-state index in [0.29, 0.717) is 29.0 Å². The minimum Gasteiger partial charge on any atom is -0.507 e. The average Bonchev–Trinajstić information content (AvgIpc) is 2.74. The fourth-order valence-electron chi connectivity index (χ4n) is 6.25. The molecular weight excluding hydrogens is 478 g/mol. The molecule has 2 rings (SSSR count). The Morgan fingerprint density at radius 1 is 0.921 bits per heavy atom. The second-order valence-corrected chi connectivity index (χ2v) is 14.9. The molecule has 1 aromatic rings. The number of unbranched alkanes of at least 4 members (excludes halogenated alkanes) is 1. The van der Waals surface area contributed by atoms with E-state index >= 15 is 0 Å². The lowest BCUT2D eigenvalue weighted by Gasteiger charge is -2.55. The smallest absolute Gasteiger partial charge is 0.321 e. The normalized spacial score (nSPS) is 20.3. The number of piperidine rings is 1. The third kappa shape index (κ3) is 6.55. The molecule has 0 spiro atoms. The Labute approximate surface area is 230 Å². The van der Waals surface area contributed by atoms with E-state index in [1.54, 1.807) is 12.1 Å². The molecule has 6 heteroatoms. The molecule has 0 bridgehead atoms. The number of phenolic OH excluding ortho intramolecular Hbond substituents is 1. The highest BCUT2D eigenvalue weighted by Crippen LogP contribution is 2.44. The van der Waals surface area contributed by atoms with E-state index in [2.05, 4.69) is 39.6 Å². The van der Waals surface area contributed by atoms with Gasteiger partial charge in [0.25, 0.3) is 0 Å². The molecule has 1 aromatic carbocycles. The van der Waals surface area contributed by atoms with E-state index in [0.717, 1.165) is 25.7 Å². The highest BCUT2D eigenvalue weighted by Gasteiger charge is 2.47. The molecule has 1 atom stereocenters. The van der Waals surface area contributed by atoms with Gasteiger partial charge in [-0.1, -0.05) is 66.5 Å². The number of likely N-dealkylation sites (tertiary alicyclic amines) is 1. The molecule has 1 aliphatic rings. The zero-order valence-electron chi connectivity index (χ0n) is 25.8. The Kier molecular flexibility index (Phi) is 9.15. The number of benzene rings is 1. The van der Waals surface area contributed by atoms with Gasteiger partial charge in [-0.2, -0.15) is 0 Å². The molecule has 38 heavy (non-hydrogen) atoms. The summed E-state index contributed by atoms with van der Waals surface area (Å²) in [5, 5.41) is 31.6. The van der Waals surface area contributed by atoms with Gasteiger partial charge in [-0.25, -0.2) is 0 Å². The molecule has 1 unspecified atom stereocenters. The van der Waals surface area contributed by atoms with Gasteiger partial charge in [-0.15, -0.1) is 0 Å². The Balaban J connectivity index is 2.32. The number of carboxylic acids is 2. The Hall–Kier alpha value is -2.08. The summed E-state index contributed by atoms with van der Waals surface area (Å²) in [7, 11) is 2.18. The molecule has 0 radical (unpaired) electrons. The second kappa shape index (κ2) is 10.8. The fraction of sp³-hybridized carbons (Fsp3) is 0.750. The molecule has 6 nitrogen and oxygen atoms in total. The van der Waals surface area contributed by atoms with Gasteiger partial charge >= 0.3 is 11.9 Å². The number of aromatic hydroxyl groups is 1. The lowest BCUT2D eigenvalue weighted by atomic mass is 9.70. The molecule has 0 saturated carbocycles. The number of nitrogens with zero attached hydrogens (tertiary/aromatic N) is 1. The zero-order chi connectivity index (χ0) is 29.5. The Bertz CT molecular complexity index is 976. The van der Waals surface area contributed by atoms with E-state index in [4.69, 9.17) is 0 Å². The van der Waals surface area contributed by atoms with Gasteiger partial charge < -0.3 is 15.3 Å². The number of hydrogen-bond acceptors (Lipinski definition) is 4. The van der Waals surface area contributed by atoms with Crippen LogP contribution in [0.1, 0.15) is 124 Å². The number of aliphatic carboxylic acids is 2. The third-order valence-electron chi connectivity index (χ3n) is 9.39. The summed E-state index contributed by atoms with van der Waals surface area (Å²) in [5.41, 5.74) is -0.469. The van der Waals surface area contributed by atoms with Crippen LogP contribution in [0, 0.1) is 11.3 Å². The maximum Gasteiger partial charge on any atom is 0.321 e. The number of carbonyl (C=O) groups is 2. The van der Waals surface area contributed by atoms with Crippen LogP contribution in [-0.2, 0) is 26.8 Å². The van der Waals surface area contributed by atoms with Crippen molar-refractivity contribution in [2.24, 2.45) is 11.3 Å². The van der Waals surface area contributed by atoms with Crippen molar-refractivity contribution in [1.29, 1.82) is 0 Å². The lowest BCUT2D eigenvalue weighted by Crippen LogP contribution is -2.60.